The van der Waals surface area contributed by atoms with Crippen LogP contribution in [-0.4, -0.2) is 19.0 Å². The van der Waals surface area contributed by atoms with E-state index in [0.717, 1.165) is 18.8 Å². The average Bonchev–Trinajstić information content (AvgIpc) is 2.67. The van der Waals surface area contributed by atoms with E-state index in [0.29, 0.717) is 5.92 Å². The van der Waals surface area contributed by atoms with E-state index in [9.17, 15) is 4.79 Å². The maximum absolute atomic E-state index is 11.7. The second-order valence-corrected chi connectivity index (χ2v) is 3.95. The summed E-state index contributed by atoms with van der Waals surface area (Å²) < 4.78 is 0. The van der Waals surface area contributed by atoms with Crippen molar-refractivity contribution in [2.75, 3.05) is 18.4 Å². The highest BCUT2D eigenvalue weighted by molar-refractivity contribution is 5.97. The minimum absolute atomic E-state index is 0. The highest BCUT2D eigenvalue weighted by Crippen LogP contribution is 2.37. The lowest BCUT2D eigenvalue weighted by molar-refractivity contribution is -0.120. The number of nitrogens with one attached hydrogen (secondary N) is 2. The molecule has 1 amide bonds. The Kier molecular flexibility index (Phi) is 2.67. The summed E-state index contributed by atoms with van der Waals surface area (Å²) >= 11 is 0. The largest absolute Gasteiger partial charge is 0.326 e. The molecule has 1 fully saturated rings. The molecule has 1 aromatic rings. The van der Waals surface area contributed by atoms with Crippen LogP contribution in [0.25, 0.3) is 0 Å². The normalized spacial score (nSPS) is 27.3. The monoisotopic (exact) mass is 224 g/mol. The summed E-state index contributed by atoms with van der Waals surface area (Å²) in [5.74, 6) is 0.670. The fourth-order valence-electron chi connectivity index (χ4n) is 2.44. The summed E-state index contributed by atoms with van der Waals surface area (Å²) in [4.78, 5) is 11.7. The number of hydrogen-bond acceptors (Lipinski definition) is 2. The SMILES string of the molecule is Cl.O=C1Nc2ccccc2C2CNCC12. The van der Waals surface area contributed by atoms with Crippen molar-refractivity contribution >= 4 is 24.0 Å². The van der Waals surface area contributed by atoms with Gasteiger partial charge in [-0.1, -0.05) is 18.2 Å². The van der Waals surface area contributed by atoms with Gasteiger partial charge in [-0.15, -0.1) is 12.4 Å². The van der Waals surface area contributed by atoms with Crippen LogP contribution in [-0.2, 0) is 4.79 Å². The molecule has 15 heavy (non-hydrogen) atoms. The molecule has 80 valence electrons. The molecule has 2 atom stereocenters. The number of carbonyl (C=O) groups excluding carboxylic acids is 1. The number of benzene rings is 1. The van der Waals surface area contributed by atoms with Crippen LogP contribution >= 0.6 is 12.4 Å². The molecule has 1 saturated heterocycles. The van der Waals surface area contributed by atoms with E-state index >= 15 is 0 Å². The van der Waals surface area contributed by atoms with Crippen molar-refractivity contribution in [1.82, 2.24) is 5.32 Å². The predicted molar refractivity (Wildman–Crippen MR) is 61.4 cm³/mol. The van der Waals surface area contributed by atoms with Crippen LogP contribution in [0.2, 0.25) is 0 Å². The van der Waals surface area contributed by atoms with Gasteiger partial charge in [-0.2, -0.15) is 0 Å². The molecule has 4 heteroatoms. The zero-order valence-corrected chi connectivity index (χ0v) is 9.01. The second-order valence-electron chi connectivity index (χ2n) is 3.95. The van der Waals surface area contributed by atoms with Crippen LogP contribution in [0, 0.1) is 5.92 Å². The summed E-state index contributed by atoms with van der Waals surface area (Å²) in [5.41, 5.74) is 2.27. The van der Waals surface area contributed by atoms with Crippen molar-refractivity contribution in [2.45, 2.75) is 5.92 Å². The summed E-state index contributed by atoms with van der Waals surface area (Å²) in [6.45, 7) is 1.74. The van der Waals surface area contributed by atoms with Gasteiger partial charge >= 0.3 is 0 Å². The lowest BCUT2D eigenvalue weighted by Gasteiger charge is -2.26. The van der Waals surface area contributed by atoms with E-state index in [4.69, 9.17) is 0 Å². The lowest BCUT2D eigenvalue weighted by Crippen LogP contribution is -2.32. The maximum atomic E-state index is 11.7. The van der Waals surface area contributed by atoms with Gasteiger partial charge in [0.05, 0.1) is 5.92 Å². The Balaban J connectivity index is 0.000000853. The van der Waals surface area contributed by atoms with Gasteiger partial charge in [-0.05, 0) is 11.6 Å². The molecular weight excluding hydrogens is 212 g/mol. The van der Waals surface area contributed by atoms with Crippen LogP contribution in [0.3, 0.4) is 0 Å². The van der Waals surface area contributed by atoms with Gasteiger partial charge in [-0.3, -0.25) is 4.79 Å². The minimum Gasteiger partial charge on any atom is -0.326 e. The number of carbonyl (C=O) groups is 1. The molecule has 0 bridgehead atoms. The summed E-state index contributed by atoms with van der Waals surface area (Å²) in [7, 11) is 0. The first-order valence-electron chi connectivity index (χ1n) is 4.97. The van der Waals surface area contributed by atoms with Gasteiger partial charge in [0.25, 0.3) is 0 Å². The van der Waals surface area contributed by atoms with E-state index in [1.807, 2.05) is 18.2 Å². The van der Waals surface area contributed by atoms with E-state index in [1.54, 1.807) is 0 Å². The Morgan fingerprint density at radius 1 is 1.13 bits per heavy atom. The lowest BCUT2D eigenvalue weighted by atomic mass is 9.84. The molecule has 0 radical (unpaired) electrons. The smallest absolute Gasteiger partial charge is 0.229 e. The van der Waals surface area contributed by atoms with Gasteiger partial charge in [0.15, 0.2) is 0 Å². The molecule has 3 nitrogen and oxygen atoms in total. The number of rotatable bonds is 0. The number of para-hydroxylation sites is 1. The van der Waals surface area contributed by atoms with E-state index < -0.39 is 0 Å². The fraction of sp³-hybridized carbons (Fsp3) is 0.364. The molecule has 3 rings (SSSR count). The Labute approximate surface area is 94.7 Å². The molecule has 2 heterocycles. The first-order chi connectivity index (χ1) is 6.86. The summed E-state index contributed by atoms with van der Waals surface area (Å²) in [6.07, 6.45) is 0. The molecule has 2 aliphatic heterocycles. The average molecular weight is 225 g/mol. The number of hydrogen-bond donors (Lipinski definition) is 2. The Morgan fingerprint density at radius 2 is 1.87 bits per heavy atom. The topological polar surface area (TPSA) is 41.1 Å². The van der Waals surface area contributed by atoms with Crippen LogP contribution in [0.15, 0.2) is 24.3 Å². The first-order valence-corrected chi connectivity index (χ1v) is 4.97. The molecule has 2 unspecified atom stereocenters. The molecule has 2 aliphatic rings. The Bertz CT molecular complexity index is 394. The first kappa shape index (κ1) is 10.5. The van der Waals surface area contributed by atoms with Crippen molar-refractivity contribution < 1.29 is 4.79 Å². The number of fused-ring (bicyclic) bond motifs is 3. The summed E-state index contributed by atoms with van der Waals surface area (Å²) in [6, 6.07) is 8.08. The quantitative estimate of drug-likeness (QED) is 0.699. The third kappa shape index (κ3) is 1.52. The zero-order valence-electron chi connectivity index (χ0n) is 8.19. The molecule has 0 saturated carbocycles. The summed E-state index contributed by atoms with van der Waals surface area (Å²) in [5, 5.41) is 6.23. The van der Waals surface area contributed by atoms with E-state index in [1.165, 1.54) is 5.56 Å². The third-order valence-corrected chi connectivity index (χ3v) is 3.17. The minimum atomic E-state index is 0. The van der Waals surface area contributed by atoms with Crippen molar-refractivity contribution in [2.24, 2.45) is 5.92 Å². The predicted octanol–water partition coefficient (Wildman–Crippen LogP) is 1.36. The number of halogens is 1. The third-order valence-electron chi connectivity index (χ3n) is 3.17. The van der Waals surface area contributed by atoms with E-state index in [-0.39, 0.29) is 24.2 Å². The van der Waals surface area contributed by atoms with Gasteiger partial charge in [0.2, 0.25) is 5.91 Å². The van der Waals surface area contributed by atoms with Crippen LogP contribution < -0.4 is 10.6 Å². The molecule has 0 spiro atoms. The fourth-order valence-corrected chi connectivity index (χ4v) is 2.44. The highest BCUT2D eigenvalue weighted by Gasteiger charge is 2.38. The molecular formula is C11H13ClN2O. The number of amides is 1. The van der Waals surface area contributed by atoms with Crippen molar-refractivity contribution in [1.29, 1.82) is 0 Å². The van der Waals surface area contributed by atoms with Crippen molar-refractivity contribution in [3.8, 4) is 0 Å². The Hall–Kier alpha value is -1.06. The van der Waals surface area contributed by atoms with Crippen molar-refractivity contribution in [3.63, 3.8) is 0 Å². The van der Waals surface area contributed by atoms with Crippen LogP contribution in [0.1, 0.15) is 11.5 Å². The van der Waals surface area contributed by atoms with Gasteiger partial charge in [0.1, 0.15) is 0 Å². The maximum Gasteiger partial charge on any atom is 0.229 e. The number of anilines is 1. The Morgan fingerprint density at radius 3 is 2.73 bits per heavy atom. The molecule has 0 aromatic heterocycles. The van der Waals surface area contributed by atoms with Gasteiger partial charge in [-0.25, -0.2) is 0 Å². The second kappa shape index (κ2) is 3.83. The van der Waals surface area contributed by atoms with E-state index in [2.05, 4.69) is 16.7 Å². The molecule has 0 aliphatic carbocycles. The van der Waals surface area contributed by atoms with Crippen LogP contribution in [0.4, 0.5) is 5.69 Å². The molecule has 1 aromatic carbocycles. The van der Waals surface area contributed by atoms with Gasteiger partial charge < -0.3 is 10.6 Å². The van der Waals surface area contributed by atoms with Crippen molar-refractivity contribution in [3.05, 3.63) is 29.8 Å². The molecule has 2 N–H and O–H groups in total. The zero-order chi connectivity index (χ0) is 9.54. The van der Waals surface area contributed by atoms with Crippen LogP contribution in [0.5, 0.6) is 0 Å². The van der Waals surface area contributed by atoms with Gasteiger partial charge in [0, 0.05) is 24.7 Å². The highest BCUT2D eigenvalue weighted by atomic mass is 35.5. The standard InChI is InChI=1S/C11H12N2O.ClH/c14-11-9-6-12-5-8(9)7-3-1-2-4-10(7)13-11;/h1-4,8-9,12H,5-6H2,(H,13,14);1H.